The van der Waals surface area contributed by atoms with Crippen LogP contribution >= 0.6 is 0 Å². The minimum absolute atomic E-state index is 0.0312. The van der Waals surface area contributed by atoms with Gasteiger partial charge >= 0.3 is 0 Å². The number of nitrogens with one attached hydrogen (secondary N) is 2. The summed E-state index contributed by atoms with van der Waals surface area (Å²) in [5.41, 5.74) is 3.45. The second-order valence-electron chi connectivity index (χ2n) is 8.94. The molecule has 1 aliphatic carbocycles. The van der Waals surface area contributed by atoms with Gasteiger partial charge in [-0.25, -0.2) is 9.97 Å². The molecule has 2 aliphatic rings. The number of ether oxygens (including phenoxy) is 2. The van der Waals surface area contributed by atoms with Crippen molar-refractivity contribution in [2.45, 2.75) is 50.8 Å². The molecule has 1 amide bonds. The molecule has 0 aromatic carbocycles. The van der Waals surface area contributed by atoms with Gasteiger partial charge in [-0.15, -0.1) is 0 Å². The maximum absolute atomic E-state index is 11.5. The molecule has 3 aromatic rings. The molecular weight excluding hydrogens is 434 g/mol. The Labute approximate surface area is 197 Å². The van der Waals surface area contributed by atoms with Crippen LogP contribution in [0.25, 0.3) is 11.0 Å². The summed E-state index contributed by atoms with van der Waals surface area (Å²) < 4.78 is 10.6. The molecule has 3 N–H and O–H groups in total. The Morgan fingerprint density at radius 2 is 2.03 bits per heavy atom. The van der Waals surface area contributed by atoms with E-state index in [1.165, 1.54) is 0 Å². The number of rotatable bonds is 7. The lowest BCUT2D eigenvalue weighted by atomic mass is 9.81. The number of nitrogens with zero attached hydrogens (tertiary/aromatic N) is 3. The van der Waals surface area contributed by atoms with Crippen molar-refractivity contribution < 1.29 is 19.4 Å². The molecule has 1 atom stereocenters. The highest BCUT2D eigenvalue weighted by atomic mass is 16.5. The molecule has 9 heteroatoms. The van der Waals surface area contributed by atoms with E-state index in [4.69, 9.17) is 9.47 Å². The van der Waals surface area contributed by atoms with Gasteiger partial charge in [0.15, 0.2) is 18.2 Å². The second kappa shape index (κ2) is 9.90. The van der Waals surface area contributed by atoms with E-state index in [9.17, 15) is 9.90 Å². The number of pyridine rings is 3. The smallest absolute Gasteiger partial charge is 0.263 e. The van der Waals surface area contributed by atoms with Gasteiger partial charge in [0.1, 0.15) is 0 Å². The molecule has 0 saturated heterocycles. The zero-order valence-corrected chi connectivity index (χ0v) is 19.2. The molecule has 1 fully saturated rings. The summed E-state index contributed by atoms with van der Waals surface area (Å²) in [7, 11) is 1.60. The van der Waals surface area contributed by atoms with E-state index in [2.05, 4.69) is 25.6 Å². The lowest BCUT2D eigenvalue weighted by Gasteiger charge is -2.32. The van der Waals surface area contributed by atoms with Crippen LogP contribution in [0.4, 0.5) is 5.82 Å². The van der Waals surface area contributed by atoms with E-state index in [0.717, 1.165) is 48.0 Å². The summed E-state index contributed by atoms with van der Waals surface area (Å²) >= 11 is 0. The van der Waals surface area contributed by atoms with Crippen LogP contribution < -0.4 is 20.1 Å². The molecule has 0 bridgehead atoms. The maximum atomic E-state index is 11.5. The SMILES string of the molecule is COc1ccc2nccc(C[C@@H](O)[C@H]3CC[C@H](NCc4ccc5c(n4)NC(=O)CO5)CC3)c2n1. The van der Waals surface area contributed by atoms with E-state index in [0.29, 0.717) is 36.5 Å². The molecule has 9 nitrogen and oxygen atoms in total. The Kier molecular flexibility index (Phi) is 6.55. The molecule has 0 radical (unpaired) electrons. The highest BCUT2D eigenvalue weighted by Gasteiger charge is 2.27. The van der Waals surface area contributed by atoms with Crippen molar-refractivity contribution in [1.29, 1.82) is 0 Å². The number of aliphatic hydroxyl groups is 1. The number of anilines is 1. The summed E-state index contributed by atoms with van der Waals surface area (Å²) in [5, 5.41) is 17.3. The lowest BCUT2D eigenvalue weighted by molar-refractivity contribution is -0.118. The fraction of sp³-hybridized carbons (Fsp3) is 0.440. The maximum Gasteiger partial charge on any atom is 0.263 e. The zero-order valence-electron chi connectivity index (χ0n) is 19.2. The quantitative estimate of drug-likeness (QED) is 0.489. The van der Waals surface area contributed by atoms with E-state index in [1.807, 2.05) is 24.3 Å². The van der Waals surface area contributed by atoms with Crippen LogP contribution in [0, 0.1) is 5.92 Å². The summed E-state index contributed by atoms with van der Waals surface area (Å²) in [6, 6.07) is 9.77. The van der Waals surface area contributed by atoms with Crippen molar-refractivity contribution in [3.05, 3.63) is 47.8 Å². The van der Waals surface area contributed by atoms with Gasteiger partial charge in [-0.1, -0.05) is 0 Å². The molecule has 0 unspecified atom stereocenters. The summed E-state index contributed by atoms with van der Waals surface area (Å²) in [6.45, 7) is 0.654. The number of carbonyl (C=O) groups is 1. The third-order valence-electron chi connectivity index (χ3n) is 6.70. The monoisotopic (exact) mass is 463 g/mol. The number of fused-ring (bicyclic) bond motifs is 2. The van der Waals surface area contributed by atoms with Crippen molar-refractivity contribution in [3.8, 4) is 11.6 Å². The van der Waals surface area contributed by atoms with Crippen LogP contribution in [0.15, 0.2) is 36.5 Å². The second-order valence-corrected chi connectivity index (χ2v) is 8.94. The zero-order chi connectivity index (χ0) is 23.5. The Balaban J connectivity index is 1.14. The minimum Gasteiger partial charge on any atom is -0.481 e. The number of amides is 1. The fourth-order valence-corrected chi connectivity index (χ4v) is 4.79. The molecule has 34 heavy (non-hydrogen) atoms. The van der Waals surface area contributed by atoms with Crippen LogP contribution in [0.2, 0.25) is 0 Å². The van der Waals surface area contributed by atoms with Gasteiger partial charge in [-0.2, -0.15) is 0 Å². The average Bonchev–Trinajstić information content (AvgIpc) is 2.87. The van der Waals surface area contributed by atoms with E-state index in [-0.39, 0.29) is 18.4 Å². The van der Waals surface area contributed by atoms with Crippen molar-refractivity contribution in [1.82, 2.24) is 20.3 Å². The van der Waals surface area contributed by atoms with E-state index < -0.39 is 6.10 Å². The van der Waals surface area contributed by atoms with Gasteiger partial charge in [0, 0.05) is 31.3 Å². The first-order valence-electron chi connectivity index (χ1n) is 11.7. The largest absolute Gasteiger partial charge is 0.481 e. The number of methoxy groups -OCH3 is 1. The van der Waals surface area contributed by atoms with E-state index in [1.54, 1.807) is 19.4 Å². The number of hydrogen-bond acceptors (Lipinski definition) is 8. The highest BCUT2D eigenvalue weighted by Crippen LogP contribution is 2.30. The first-order chi connectivity index (χ1) is 16.6. The molecule has 1 saturated carbocycles. The van der Waals surface area contributed by atoms with Crippen LogP contribution in [-0.4, -0.2) is 51.8 Å². The average molecular weight is 464 g/mol. The van der Waals surface area contributed by atoms with Crippen molar-refractivity contribution in [2.24, 2.45) is 5.92 Å². The molecule has 1 aliphatic heterocycles. The van der Waals surface area contributed by atoms with Gasteiger partial charge in [0.05, 0.1) is 29.9 Å². The van der Waals surface area contributed by atoms with Crippen LogP contribution in [0.5, 0.6) is 11.6 Å². The fourth-order valence-electron chi connectivity index (χ4n) is 4.79. The Morgan fingerprint density at radius 3 is 2.85 bits per heavy atom. The normalized spacial score (nSPS) is 20.8. The summed E-state index contributed by atoms with van der Waals surface area (Å²) in [4.78, 5) is 24.9. The molecule has 0 spiro atoms. The Hall–Kier alpha value is -3.30. The third kappa shape index (κ3) is 4.95. The van der Waals surface area contributed by atoms with Gasteiger partial charge in [0.2, 0.25) is 5.88 Å². The van der Waals surface area contributed by atoms with E-state index >= 15 is 0 Å². The Morgan fingerprint density at radius 1 is 1.18 bits per heavy atom. The Bertz CT molecular complexity index is 1180. The van der Waals surface area contributed by atoms with Gasteiger partial charge in [-0.05, 0) is 61.4 Å². The van der Waals surface area contributed by atoms with Gasteiger partial charge < -0.3 is 25.2 Å². The molecule has 4 heterocycles. The first kappa shape index (κ1) is 22.5. The molecular formula is C25H29N5O4. The van der Waals surface area contributed by atoms with Crippen molar-refractivity contribution in [3.63, 3.8) is 0 Å². The van der Waals surface area contributed by atoms with Crippen molar-refractivity contribution in [2.75, 3.05) is 19.0 Å². The van der Waals surface area contributed by atoms with Crippen molar-refractivity contribution >= 4 is 22.8 Å². The third-order valence-corrected chi connectivity index (χ3v) is 6.70. The van der Waals surface area contributed by atoms with Crippen LogP contribution in [-0.2, 0) is 17.8 Å². The lowest BCUT2D eigenvalue weighted by Crippen LogP contribution is -2.36. The predicted octanol–water partition coefficient (Wildman–Crippen LogP) is 2.62. The number of hydrogen-bond donors (Lipinski definition) is 3. The van der Waals surface area contributed by atoms with Gasteiger partial charge in [0.25, 0.3) is 5.91 Å². The molecule has 5 rings (SSSR count). The summed E-state index contributed by atoms with van der Waals surface area (Å²) in [6.07, 6.45) is 5.80. The number of carbonyl (C=O) groups excluding carboxylic acids is 1. The molecule has 3 aromatic heterocycles. The highest BCUT2D eigenvalue weighted by molar-refractivity contribution is 5.94. The molecule has 178 valence electrons. The minimum atomic E-state index is -0.425. The van der Waals surface area contributed by atoms with Crippen LogP contribution in [0.1, 0.15) is 36.9 Å². The number of aromatic nitrogens is 3. The van der Waals surface area contributed by atoms with Crippen LogP contribution in [0.3, 0.4) is 0 Å². The first-order valence-corrected chi connectivity index (χ1v) is 11.7. The topological polar surface area (TPSA) is 118 Å². The van der Waals surface area contributed by atoms with Gasteiger partial charge in [-0.3, -0.25) is 9.78 Å². The number of aliphatic hydroxyl groups excluding tert-OH is 1. The predicted molar refractivity (Wildman–Crippen MR) is 127 cm³/mol. The standard InChI is InChI=1S/C25H29N5O4/c1-33-23-9-7-19-24(30-23)16(10-11-26-19)12-20(31)15-2-4-17(5-3-15)27-13-18-6-8-21-25(28-18)29-22(32)14-34-21/h6-11,15,17,20,27,31H,2-5,12-14H2,1H3,(H,28,29,32)/t15-,17-,20-/m1/s1. The summed E-state index contributed by atoms with van der Waals surface area (Å²) in [5.74, 6) is 1.70.